The zero-order valence-corrected chi connectivity index (χ0v) is 15.5. The van der Waals surface area contributed by atoms with Gasteiger partial charge >= 0.3 is 0 Å². The number of H-pyrrole nitrogens is 1. The van der Waals surface area contributed by atoms with Crippen molar-refractivity contribution < 1.29 is 4.79 Å². The summed E-state index contributed by atoms with van der Waals surface area (Å²) in [5, 5.41) is 5.49. The third kappa shape index (κ3) is 3.66. The quantitative estimate of drug-likeness (QED) is 0.563. The van der Waals surface area contributed by atoms with Crippen LogP contribution < -0.4 is 10.9 Å². The predicted molar refractivity (Wildman–Crippen MR) is 109 cm³/mol. The Kier molecular flexibility index (Phi) is 4.56. The maximum Gasteiger partial charge on any atom is 0.259 e. The standard InChI is InChI=1S/C21H17N3O2S/c1-13-12-27-21-18(13)20(26)23-17(24-21)11-14-7-9-16(10-8-14)22-19(25)15-5-3-2-4-6-15/h2-10,12H,11H2,1H3,(H,22,25)(H,23,24,26). The van der Waals surface area contributed by atoms with E-state index >= 15 is 0 Å². The molecule has 0 saturated carbocycles. The molecular weight excluding hydrogens is 358 g/mol. The summed E-state index contributed by atoms with van der Waals surface area (Å²) in [5.74, 6) is 0.489. The zero-order chi connectivity index (χ0) is 18.8. The van der Waals surface area contributed by atoms with Crippen molar-refractivity contribution in [3.05, 3.63) is 92.8 Å². The number of benzene rings is 2. The van der Waals surface area contributed by atoms with Crippen LogP contribution in [0.4, 0.5) is 5.69 Å². The summed E-state index contributed by atoms with van der Waals surface area (Å²) in [6.45, 7) is 1.91. The summed E-state index contributed by atoms with van der Waals surface area (Å²) >= 11 is 1.48. The van der Waals surface area contributed by atoms with Gasteiger partial charge in [-0.2, -0.15) is 0 Å². The highest BCUT2D eigenvalue weighted by molar-refractivity contribution is 7.16. The summed E-state index contributed by atoms with van der Waals surface area (Å²) in [5.41, 5.74) is 3.19. The van der Waals surface area contributed by atoms with Gasteiger partial charge in [0.25, 0.3) is 11.5 Å². The molecule has 1 amide bonds. The van der Waals surface area contributed by atoms with Gasteiger partial charge in [0.15, 0.2) is 0 Å². The molecule has 0 aliphatic carbocycles. The molecule has 0 unspecified atom stereocenters. The fourth-order valence-electron chi connectivity index (χ4n) is 2.91. The lowest BCUT2D eigenvalue weighted by Gasteiger charge is -2.07. The van der Waals surface area contributed by atoms with Gasteiger partial charge in [-0.25, -0.2) is 4.98 Å². The molecule has 4 aromatic rings. The van der Waals surface area contributed by atoms with Gasteiger partial charge in [0.2, 0.25) is 0 Å². The number of aromatic nitrogens is 2. The van der Waals surface area contributed by atoms with Gasteiger partial charge in [0.05, 0.1) is 5.39 Å². The largest absolute Gasteiger partial charge is 0.322 e. The van der Waals surface area contributed by atoms with Crippen molar-refractivity contribution >= 4 is 33.1 Å². The van der Waals surface area contributed by atoms with Crippen LogP contribution in [0, 0.1) is 6.92 Å². The molecule has 0 aliphatic rings. The average Bonchev–Trinajstić information content (AvgIpc) is 3.05. The van der Waals surface area contributed by atoms with Gasteiger partial charge in [0.1, 0.15) is 10.7 Å². The number of thiophene rings is 1. The molecule has 0 saturated heterocycles. The van der Waals surface area contributed by atoms with E-state index in [1.54, 1.807) is 12.1 Å². The molecule has 0 spiro atoms. The SMILES string of the molecule is Cc1csc2nc(Cc3ccc(NC(=O)c4ccccc4)cc3)[nH]c(=O)c12. The van der Waals surface area contributed by atoms with E-state index in [1.807, 2.05) is 54.8 Å². The summed E-state index contributed by atoms with van der Waals surface area (Å²) in [4.78, 5) is 32.6. The second-order valence-corrected chi connectivity index (χ2v) is 7.16. The first-order valence-electron chi connectivity index (χ1n) is 8.52. The molecule has 134 valence electrons. The van der Waals surface area contributed by atoms with E-state index in [-0.39, 0.29) is 11.5 Å². The van der Waals surface area contributed by atoms with E-state index in [2.05, 4.69) is 15.3 Å². The van der Waals surface area contributed by atoms with E-state index < -0.39 is 0 Å². The van der Waals surface area contributed by atoms with Gasteiger partial charge in [-0.05, 0) is 47.7 Å². The number of nitrogens with zero attached hydrogens (tertiary/aromatic N) is 1. The smallest absolute Gasteiger partial charge is 0.259 e. The second-order valence-electron chi connectivity index (χ2n) is 6.31. The number of aryl methyl sites for hydroxylation is 1. The highest BCUT2D eigenvalue weighted by Crippen LogP contribution is 2.20. The minimum Gasteiger partial charge on any atom is -0.322 e. The second kappa shape index (κ2) is 7.17. The van der Waals surface area contributed by atoms with Crippen molar-refractivity contribution in [2.45, 2.75) is 13.3 Å². The van der Waals surface area contributed by atoms with Gasteiger partial charge in [0, 0.05) is 17.7 Å². The van der Waals surface area contributed by atoms with Crippen LogP contribution in [0.25, 0.3) is 10.2 Å². The van der Waals surface area contributed by atoms with Gasteiger partial charge in [-0.1, -0.05) is 30.3 Å². The molecule has 27 heavy (non-hydrogen) atoms. The van der Waals surface area contributed by atoms with E-state index in [0.29, 0.717) is 23.2 Å². The molecule has 0 radical (unpaired) electrons. The number of fused-ring (bicyclic) bond motifs is 1. The number of carbonyl (C=O) groups excluding carboxylic acids is 1. The van der Waals surface area contributed by atoms with Crippen molar-refractivity contribution in [1.29, 1.82) is 0 Å². The van der Waals surface area contributed by atoms with Gasteiger partial charge < -0.3 is 10.3 Å². The van der Waals surface area contributed by atoms with Crippen molar-refractivity contribution in [3.63, 3.8) is 0 Å². The number of rotatable bonds is 4. The number of amides is 1. The van der Waals surface area contributed by atoms with Crippen LogP contribution in [0.15, 0.2) is 64.8 Å². The maximum atomic E-state index is 12.2. The third-order valence-corrected chi connectivity index (χ3v) is 5.29. The first-order valence-corrected chi connectivity index (χ1v) is 9.40. The Labute approximate surface area is 159 Å². The Morgan fingerprint density at radius 2 is 1.85 bits per heavy atom. The summed E-state index contributed by atoms with van der Waals surface area (Å²) in [6.07, 6.45) is 0.523. The maximum absolute atomic E-state index is 12.2. The normalized spacial score (nSPS) is 10.9. The summed E-state index contributed by atoms with van der Waals surface area (Å²) < 4.78 is 0. The molecule has 6 heteroatoms. The number of hydrogen-bond donors (Lipinski definition) is 2. The van der Waals surface area contributed by atoms with Crippen molar-refractivity contribution in [2.75, 3.05) is 5.32 Å². The Morgan fingerprint density at radius 1 is 1.11 bits per heavy atom. The number of nitrogens with one attached hydrogen (secondary N) is 2. The molecule has 2 aromatic heterocycles. The molecule has 2 heterocycles. The number of carbonyl (C=O) groups is 1. The van der Waals surface area contributed by atoms with Crippen LogP contribution in [0.3, 0.4) is 0 Å². The average molecular weight is 375 g/mol. The van der Waals surface area contributed by atoms with Crippen molar-refractivity contribution in [3.8, 4) is 0 Å². The Hall–Kier alpha value is -3.25. The van der Waals surface area contributed by atoms with Crippen LogP contribution in [0.1, 0.15) is 27.3 Å². The Balaban J connectivity index is 1.50. The lowest BCUT2D eigenvalue weighted by atomic mass is 10.1. The number of hydrogen-bond acceptors (Lipinski definition) is 4. The monoisotopic (exact) mass is 375 g/mol. The molecule has 4 rings (SSSR count). The molecule has 0 aliphatic heterocycles. The predicted octanol–water partition coefficient (Wildman–Crippen LogP) is 4.14. The summed E-state index contributed by atoms with van der Waals surface area (Å²) in [6, 6.07) is 16.6. The fraction of sp³-hybridized carbons (Fsp3) is 0.0952. The highest BCUT2D eigenvalue weighted by atomic mass is 32.1. The molecule has 2 N–H and O–H groups in total. The topological polar surface area (TPSA) is 74.8 Å². The van der Waals surface area contributed by atoms with Gasteiger partial charge in [-0.3, -0.25) is 9.59 Å². The number of anilines is 1. The van der Waals surface area contributed by atoms with E-state index in [1.165, 1.54) is 11.3 Å². The zero-order valence-electron chi connectivity index (χ0n) is 14.7. The van der Waals surface area contributed by atoms with Crippen LogP contribution in [-0.4, -0.2) is 15.9 Å². The Morgan fingerprint density at radius 3 is 2.59 bits per heavy atom. The molecule has 0 fully saturated rings. The van der Waals surface area contributed by atoms with E-state index in [0.717, 1.165) is 21.6 Å². The van der Waals surface area contributed by atoms with Gasteiger partial charge in [-0.15, -0.1) is 11.3 Å². The first-order chi connectivity index (χ1) is 13.1. The van der Waals surface area contributed by atoms with Crippen LogP contribution in [-0.2, 0) is 6.42 Å². The first kappa shape index (κ1) is 17.2. The van der Waals surface area contributed by atoms with Crippen molar-refractivity contribution in [1.82, 2.24) is 9.97 Å². The third-order valence-electron chi connectivity index (χ3n) is 4.30. The minimum absolute atomic E-state index is 0.0968. The fourth-order valence-corrected chi connectivity index (χ4v) is 3.85. The minimum atomic E-state index is -0.145. The molecule has 0 bridgehead atoms. The lowest BCUT2D eigenvalue weighted by Crippen LogP contribution is -2.12. The number of aromatic amines is 1. The molecule has 2 aromatic carbocycles. The highest BCUT2D eigenvalue weighted by Gasteiger charge is 2.09. The summed E-state index contributed by atoms with van der Waals surface area (Å²) in [7, 11) is 0. The van der Waals surface area contributed by atoms with E-state index in [4.69, 9.17) is 0 Å². The lowest BCUT2D eigenvalue weighted by molar-refractivity contribution is 0.102. The van der Waals surface area contributed by atoms with Crippen molar-refractivity contribution in [2.24, 2.45) is 0 Å². The molecular formula is C21H17N3O2S. The van der Waals surface area contributed by atoms with E-state index in [9.17, 15) is 9.59 Å². The molecule has 5 nitrogen and oxygen atoms in total. The van der Waals surface area contributed by atoms with Crippen LogP contribution >= 0.6 is 11.3 Å². The van der Waals surface area contributed by atoms with Crippen LogP contribution in [0.5, 0.6) is 0 Å². The molecule has 0 atom stereocenters. The van der Waals surface area contributed by atoms with Crippen LogP contribution in [0.2, 0.25) is 0 Å². The Bertz CT molecular complexity index is 1160.